The second-order valence-corrected chi connectivity index (χ2v) is 5.22. The quantitative estimate of drug-likeness (QED) is 0.674. The molecule has 0 saturated carbocycles. The molecule has 1 N–H and O–H groups in total. The van der Waals surface area contributed by atoms with Crippen LogP contribution in [-0.2, 0) is 6.42 Å². The van der Waals surface area contributed by atoms with E-state index in [-0.39, 0.29) is 5.56 Å². The highest BCUT2D eigenvalue weighted by Gasteiger charge is 2.08. The first-order valence-electron chi connectivity index (χ1n) is 4.87. The van der Waals surface area contributed by atoms with Gasteiger partial charge in [0.05, 0.1) is 0 Å². The number of aromatic amines is 1. The molecule has 2 heterocycles. The third kappa shape index (κ3) is 2.36. The van der Waals surface area contributed by atoms with Crippen LogP contribution in [0, 0.1) is 6.92 Å². The monoisotopic (exact) mass is 252 g/mol. The van der Waals surface area contributed by atoms with Crippen molar-refractivity contribution in [3.05, 3.63) is 44.0 Å². The van der Waals surface area contributed by atoms with Crippen LogP contribution < -0.4 is 5.56 Å². The first-order chi connectivity index (χ1) is 7.70. The molecule has 3 nitrogen and oxygen atoms in total. The Morgan fingerprint density at radius 3 is 2.94 bits per heavy atom. The number of hydrogen-bond donors (Lipinski definition) is 1. The van der Waals surface area contributed by atoms with E-state index in [1.54, 1.807) is 11.3 Å². The Balaban J connectivity index is 2.38. The van der Waals surface area contributed by atoms with E-state index in [4.69, 9.17) is 0 Å². The standard InChI is InChI=1S/C11H12N2OS2/c1-7-9(6-8-4-3-5-16-8)10(14)13-11(12-7)15-2/h3-5H,6H2,1-2H3,(H,12,13,14). The highest BCUT2D eigenvalue weighted by molar-refractivity contribution is 7.98. The van der Waals surface area contributed by atoms with Crippen molar-refractivity contribution in [2.75, 3.05) is 6.26 Å². The molecule has 0 amide bonds. The first kappa shape index (κ1) is 11.4. The number of thiophene rings is 1. The van der Waals surface area contributed by atoms with Gasteiger partial charge < -0.3 is 4.98 Å². The molecule has 0 atom stereocenters. The van der Waals surface area contributed by atoms with Crippen molar-refractivity contribution >= 4 is 23.1 Å². The number of aromatic nitrogens is 2. The predicted octanol–water partition coefficient (Wildman–Crippen LogP) is 2.45. The van der Waals surface area contributed by atoms with E-state index >= 15 is 0 Å². The molecule has 0 aliphatic heterocycles. The number of nitrogens with zero attached hydrogens (tertiary/aromatic N) is 1. The lowest BCUT2D eigenvalue weighted by atomic mass is 10.1. The van der Waals surface area contributed by atoms with E-state index in [0.717, 1.165) is 11.3 Å². The molecule has 0 fully saturated rings. The van der Waals surface area contributed by atoms with Gasteiger partial charge in [-0.3, -0.25) is 4.79 Å². The summed E-state index contributed by atoms with van der Waals surface area (Å²) in [7, 11) is 0. The van der Waals surface area contributed by atoms with E-state index in [0.29, 0.717) is 11.6 Å². The minimum Gasteiger partial charge on any atom is -0.301 e. The number of nitrogens with one attached hydrogen (secondary N) is 1. The minimum atomic E-state index is -0.0229. The average molecular weight is 252 g/mol. The van der Waals surface area contributed by atoms with Crippen LogP contribution in [0.25, 0.3) is 0 Å². The third-order valence-electron chi connectivity index (χ3n) is 2.32. The first-order valence-corrected chi connectivity index (χ1v) is 6.97. The summed E-state index contributed by atoms with van der Waals surface area (Å²) in [5, 5.41) is 2.69. The maximum Gasteiger partial charge on any atom is 0.255 e. The van der Waals surface area contributed by atoms with Crippen LogP contribution >= 0.6 is 23.1 Å². The van der Waals surface area contributed by atoms with Crippen molar-refractivity contribution in [2.45, 2.75) is 18.5 Å². The van der Waals surface area contributed by atoms with Gasteiger partial charge in [0.25, 0.3) is 5.56 Å². The fourth-order valence-electron chi connectivity index (χ4n) is 1.48. The molecule has 0 aliphatic carbocycles. The zero-order valence-corrected chi connectivity index (χ0v) is 10.7. The summed E-state index contributed by atoms with van der Waals surface area (Å²) >= 11 is 3.11. The largest absolute Gasteiger partial charge is 0.301 e. The molecule has 0 bridgehead atoms. The van der Waals surface area contributed by atoms with Gasteiger partial charge in [0.1, 0.15) is 0 Å². The van der Waals surface area contributed by atoms with Gasteiger partial charge >= 0.3 is 0 Å². The molecule has 0 aliphatic rings. The molecule has 2 rings (SSSR count). The maximum absolute atomic E-state index is 11.8. The lowest BCUT2D eigenvalue weighted by Gasteiger charge is -2.04. The summed E-state index contributed by atoms with van der Waals surface area (Å²) in [6.07, 6.45) is 2.57. The van der Waals surface area contributed by atoms with Crippen LogP contribution in [0.2, 0.25) is 0 Å². The van der Waals surface area contributed by atoms with E-state index in [1.165, 1.54) is 16.6 Å². The van der Waals surface area contributed by atoms with Gasteiger partial charge in [-0.15, -0.1) is 11.3 Å². The Morgan fingerprint density at radius 2 is 2.38 bits per heavy atom. The molecule has 0 spiro atoms. The van der Waals surface area contributed by atoms with Gasteiger partial charge in [-0.1, -0.05) is 17.8 Å². The molecular weight excluding hydrogens is 240 g/mol. The zero-order valence-electron chi connectivity index (χ0n) is 9.11. The lowest BCUT2D eigenvalue weighted by molar-refractivity contribution is 0.871. The smallest absolute Gasteiger partial charge is 0.255 e. The fraction of sp³-hybridized carbons (Fsp3) is 0.273. The van der Waals surface area contributed by atoms with Crippen molar-refractivity contribution in [2.24, 2.45) is 0 Å². The van der Waals surface area contributed by atoms with E-state index in [9.17, 15) is 4.79 Å². The van der Waals surface area contributed by atoms with Gasteiger partial charge in [0, 0.05) is 22.6 Å². The average Bonchev–Trinajstić information content (AvgIpc) is 2.75. The third-order valence-corrected chi connectivity index (χ3v) is 3.78. The van der Waals surface area contributed by atoms with Gasteiger partial charge in [-0.2, -0.15) is 0 Å². The number of aryl methyl sites for hydroxylation is 1. The molecule has 84 valence electrons. The van der Waals surface area contributed by atoms with Crippen molar-refractivity contribution < 1.29 is 0 Å². The van der Waals surface area contributed by atoms with Crippen molar-refractivity contribution in [3.8, 4) is 0 Å². The molecule has 2 aromatic heterocycles. The summed E-state index contributed by atoms with van der Waals surface area (Å²) in [4.78, 5) is 20.2. The molecular formula is C11H12N2OS2. The predicted molar refractivity (Wildman–Crippen MR) is 68.5 cm³/mol. The molecule has 0 radical (unpaired) electrons. The summed E-state index contributed by atoms with van der Waals surface area (Å²) < 4.78 is 0. The maximum atomic E-state index is 11.8. The number of thioether (sulfide) groups is 1. The lowest BCUT2D eigenvalue weighted by Crippen LogP contribution is -2.17. The van der Waals surface area contributed by atoms with Crippen LogP contribution in [0.1, 0.15) is 16.1 Å². The van der Waals surface area contributed by atoms with Crippen molar-refractivity contribution in [3.63, 3.8) is 0 Å². The number of rotatable bonds is 3. The summed E-state index contributed by atoms with van der Waals surface area (Å²) in [5.74, 6) is 0. The number of hydrogen-bond acceptors (Lipinski definition) is 4. The van der Waals surface area contributed by atoms with Crippen LogP contribution in [-0.4, -0.2) is 16.2 Å². The number of H-pyrrole nitrogens is 1. The van der Waals surface area contributed by atoms with Gasteiger partial charge in [-0.05, 0) is 24.6 Å². The van der Waals surface area contributed by atoms with E-state index < -0.39 is 0 Å². The highest BCUT2D eigenvalue weighted by atomic mass is 32.2. The minimum absolute atomic E-state index is 0.0229. The SMILES string of the molecule is CSc1nc(C)c(Cc2cccs2)c(=O)[nH]1. The zero-order chi connectivity index (χ0) is 11.5. The second-order valence-electron chi connectivity index (χ2n) is 3.40. The van der Waals surface area contributed by atoms with Crippen LogP contribution in [0.4, 0.5) is 0 Å². The van der Waals surface area contributed by atoms with Crippen LogP contribution in [0.15, 0.2) is 27.5 Å². The summed E-state index contributed by atoms with van der Waals surface area (Å²) in [6.45, 7) is 1.89. The molecule has 0 aromatic carbocycles. The Labute approximate surface area is 102 Å². The summed E-state index contributed by atoms with van der Waals surface area (Å²) in [5.41, 5.74) is 1.56. The van der Waals surface area contributed by atoms with Gasteiger partial charge in [0.2, 0.25) is 0 Å². The molecule has 2 aromatic rings. The second kappa shape index (κ2) is 4.84. The Morgan fingerprint density at radius 1 is 1.56 bits per heavy atom. The molecule has 0 saturated heterocycles. The molecule has 5 heteroatoms. The van der Waals surface area contributed by atoms with Crippen molar-refractivity contribution in [1.82, 2.24) is 9.97 Å². The molecule has 16 heavy (non-hydrogen) atoms. The van der Waals surface area contributed by atoms with E-state index in [2.05, 4.69) is 9.97 Å². The van der Waals surface area contributed by atoms with Crippen molar-refractivity contribution in [1.29, 1.82) is 0 Å². The summed E-state index contributed by atoms with van der Waals surface area (Å²) in [6, 6.07) is 4.03. The van der Waals surface area contributed by atoms with E-state index in [1.807, 2.05) is 30.7 Å². The van der Waals surface area contributed by atoms with Crippen LogP contribution in [0.3, 0.4) is 0 Å². The fourth-order valence-corrected chi connectivity index (χ4v) is 2.62. The normalized spacial score (nSPS) is 10.6. The van der Waals surface area contributed by atoms with Gasteiger partial charge in [-0.25, -0.2) is 4.98 Å². The van der Waals surface area contributed by atoms with Crippen LogP contribution in [0.5, 0.6) is 0 Å². The topological polar surface area (TPSA) is 45.8 Å². The molecule has 0 unspecified atom stereocenters. The Bertz CT molecular complexity index is 531. The Kier molecular flexibility index (Phi) is 3.46. The van der Waals surface area contributed by atoms with Gasteiger partial charge in [0.15, 0.2) is 5.16 Å². The highest BCUT2D eigenvalue weighted by Crippen LogP contribution is 2.15. The Hall–Kier alpha value is -1.07.